The average Bonchev–Trinajstić information content (AvgIpc) is 3.33. The van der Waals surface area contributed by atoms with Gasteiger partial charge in [0.2, 0.25) is 0 Å². The largest absolute Gasteiger partial charge is 0.495 e. The molecule has 29 heavy (non-hydrogen) atoms. The molecule has 7 heteroatoms. The van der Waals surface area contributed by atoms with Gasteiger partial charge in [-0.25, -0.2) is 0 Å². The molecule has 4 nitrogen and oxygen atoms in total. The monoisotopic (exact) mass is 446 g/mol. The minimum Gasteiger partial charge on any atom is -0.495 e. The van der Waals surface area contributed by atoms with Crippen molar-refractivity contribution in [2.45, 2.75) is 32.7 Å². The first-order valence-electron chi connectivity index (χ1n) is 9.60. The van der Waals surface area contributed by atoms with Crippen molar-refractivity contribution in [2.75, 3.05) is 17.7 Å². The van der Waals surface area contributed by atoms with Gasteiger partial charge in [0.05, 0.1) is 24.9 Å². The Hall–Kier alpha value is -2.02. The first kappa shape index (κ1) is 20.3. The molecular formula is C22H23ClN2O2S2. The fourth-order valence-corrected chi connectivity index (χ4v) is 5.88. The van der Waals surface area contributed by atoms with Gasteiger partial charge in [-0.3, -0.25) is 4.79 Å². The molecule has 1 atom stereocenters. The number of carbonyl (C=O) groups is 1. The Morgan fingerprint density at radius 2 is 2.21 bits per heavy atom. The summed E-state index contributed by atoms with van der Waals surface area (Å²) in [5.41, 5.74) is 2.52. The van der Waals surface area contributed by atoms with Crippen LogP contribution in [0.3, 0.4) is 0 Å². The van der Waals surface area contributed by atoms with Gasteiger partial charge in [0.1, 0.15) is 10.8 Å². The van der Waals surface area contributed by atoms with E-state index in [1.54, 1.807) is 48.0 Å². The number of hydrogen-bond donors (Lipinski definition) is 2. The highest BCUT2D eigenvalue weighted by Crippen LogP contribution is 2.41. The van der Waals surface area contributed by atoms with Crippen molar-refractivity contribution in [2.24, 2.45) is 5.92 Å². The minimum atomic E-state index is -0.119. The lowest BCUT2D eigenvalue weighted by Crippen LogP contribution is -2.18. The summed E-state index contributed by atoms with van der Waals surface area (Å²) in [4.78, 5) is 15.9. The molecule has 4 rings (SSSR count). The molecule has 0 spiro atoms. The van der Waals surface area contributed by atoms with E-state index in [-0.39, 0.29) is 5.91 Å². The van der Waals surface area contributed by atoms with Gasteiger partial charge < -0.3 is 15.4 Å². The fraction of sp³-hybridized carbons (Fsp3) is 0.318. The molecule has 0 aliphatic heterocycles. The van der Waals surface area contributed by atoms with Gasteiger partial charge in [0.15, 0.2) is 0 Å². The molecule has 0 saturated heterocycles. The lowest BCUT2D eigenvalue weighted by Gasteiger charge is -2.19. The molecule has 1 aromatic carbocycles. The molecule has 3 aromatic rings. The number of fused-ring (bicyclic) bond motifs is 1. The van der Waals surface area contributed by atoms with Crippen LogP contribution in [-0.2, 0) is 19.4 Å². The van der Waals surface area contributed by atoms with Crippen molar-refractivity contribution < 1.29 is 9.53 Å². The Bertz CT molecular complexity index is 1010. The molecule has 152 valence electrons. The first-order valence-corrected chi connectivity index (χ1v) is 11.7. The van der Waals surface area contributed by atoms with Crippen LogP contribution in [0.25, 0.3) is 0 Å². The van der Waals surface area contributed by atoms with Crippen LogP contribution in [0.15, 0.2) is 35.7 Å². The number of anilines is 2. The van der Waals surface area contributed by atoms with Crippen molar-refractivity contribution in [3.63, 3.8) is 0 Å². The standard InChI is InChI=1S/C22H23ClN2O2S2/c1-13-5-7-16-19(10-13)29-22(24-12-15-4-3-9-28-15)20(16)21(26)25-17-11-14(23)6-8-18(17)27-2/h3-4,6,8-9,11,13,24H,5,7,10,12H2,1-2H3,(H,25,26)/t13-/m0/s1. The van der Waals surface area contributed by atoms with Crippen LogP contribution >= 0.6 is 34.3 Å². The molecule has 1 aliphatic rings. The quantitative estimate of drug-likeness (QED) is 0.456. The Labute approximate surface area is 183 Å². The molecule has 0 fully saturated rings. The van der Waals surface area contributed by atoms with Gasteiger partial charge in [-0.05, 0) is 60.4 Å². The molecule has 1 amide bonds. The number of halogens is 1. The van der Waals surface area contributed by atoms with Crippen LogP contribution in [0.2, 0.25) is 5.02 Å². The van der Waals surface area contributed by atoms with Crippen LogP contribution in [0.1, 0.15) is 39.0 Å². The number of hydrogen-bond acceptors (Lipinski definition) is 5. The summed E-state index contributed by atoms with van der Waals surface area (Å²) in [6.07, 6.45) is 3.07. The zero-order valence-corrected chi connectivity index (χ0v) is 18.8. The summed E-state index contributed by atoms with van der Waals surface area (Å²) in [5, 5.41) is 10.1. The van der Waals surface area contributed by atoms with Crippen LogP contribution < -0.4 is 15.4 Å². The van der Waals surface area contributed by atoms with E-state index in [0.29, 0.717) is 28.9 Å². The van der Waals surface area contributed by atoms with Gasteiger partial charge in [-0.1, -0.05) is 24.6 Å². The molecule has 0 saturated carbocycles. The number of nitrogens with one attached hydrogen (secondary N) is 2. The third-order valence-corrected chi connectivity index (χ3v) is 7.48. The number of amides is 1. The molecule has 2 heterocycles. The van der Waals surface area contributed by atoms with E-state index < -0.39 is 0 Å². The highest BCUT2D eigenvalue weighted by atomic mass is 35.5. The Morgan fingerprint density at radius 1 is 1.34 bits per heavy atom. The number of thiophene rings is 2. The molecule has 0 bridgehead atoms. The Kier molecular flexibility index (Phi) is 6.13. The number of methoxy groups -OCH3 is 1. The number of benzene rings is 1. The lowest BCUT2D eigenvalue weighted by molar-refractivity contribution is 0.102. The van der Waals surface area contributed by atoms with Gasteiger partial charge in [-0.2, -0.15) is 0 Å². The third-order valence-electron chi connectivity index (χ3n) is 5.15. The lowest BCUT2D eigenvalue weighted by atomic mass is 9.88. The second-order valence-electron chi connectivity index (χ2n) is 7.29. The Balaban J connectivity index is 1.65. The van der Waals surface area contributed by atoms with Crippen molar-refractivity contribution in [1.82, 2.24) is 0 Å². The van der Waals surface area contributed by atoms with Crippen LogP contribution in [0, 0.1) is 5.92 Å². The summed E-state index contributed by atoms with van der Waals surface area (Å²) in [6, 6.07) is 9.38. The van der Waals surface area contributed by atoms with E-state index in [1.165, 1.54) is 15.3 Å². The van der Waals surface area contributed by atoms with Gasteiger partial charge in [-0.15, -0.1) is 22.7 Å². The van der Waals surface area contributed by atoms with E-state index in [1.807, 2.05) is 6.07 Å². The maximum absolute atomic E-state index is 13.3. The highest BCUT2D eigenvalue weighted by molar-refractivity contribution is 7.16. The predicted octanol–water partition coefficient (Wildman–Crippen LogP) is 6.46. The highest BCUT2D eigenvalue weighted by Gasteiger charge is 2.28. The van der Waals surface area contributed by atoms with Crippen molar-refractivity contribution in [3.8, 4) is 5.75 Å². The summed E-state index contributed by atoms with van der Waals surface area (Å²) >= 11 is 9.56. The van der Waals surface area contributed by atoms with E-state index in [4.69, 9.17) is 16.3 Å². The topological polar surface area (TPSA) is 50.4 Å². The van der Waals surface area contributed by atoms with Crippen LogP contribution in [0.5, 0.6) is 5.75 Å². The first-order chi connectivity index (χ1) is 14.0. The number of carbonyl (C=O) groups excluding carboxylic acids is 1. The molecule has 1 aliphatic carbocycles. The van der Waals surface area contributed by atoms with Gasteiger partial charge in [0.25, 0.3) is 5.91 Å². The summed E-state index contributed by atoms with van der Waals surface area (Å²) < 4.78 is 5.39. The molecule has 2 aromatic heterocycles. The maximum atomic E-state index is 13.3. The zero-order chi connectivity index (χ0) is 20.4. The van der Waals surface area contributed by atoms with E-state index >= 15 is 0 Å². The smallest absolute Gasteiger partial charge is 0.259 e. The van der Waals surface area contributed by atoms with Crippen molar-refractivity contribution in [1.29, 1.82) is 0 Å². The van der Waals surface area contributed by atoms with Gasteiger partial charge >= 0.3 is 0 Å². The number of ether oxygens (including phenoxy) is 1. The Morgan fingerprint density at radius 3 is 2.97 bits per heavy atom. The van der Waals surface area contributed by atoms with Crippen LogP contribution in [0.4, 0.5) is 10.7 Å². The average molecular weight is 447 g/mol. The van der Waals surface area contributed by atoms with E-state index in [0.717, 1.165) is 29.8 Å². The zero-order valence-electron chi connectivity index (χ0n) is 16.4. The van der Waals surface area contributed by atoms with Crippen molar-refractivity contribution >= 4 is 50.9 Å². The summed E-state index contributed by atoms with van der Waals surface area (Å²) in [7, 11) is 1.58. The summed E-state index contributed by atoms with van der Waals surface area (Å²) in [5.74, 6) is 1.12. The minimum absolute atomic E-state index is 0.119. The second-order valence-corrected chi connectivity index (χ2v) is 9.86. The molecular weight excluding hydrogens is 424 g/mol. The molecule has 2 N–H and O–H groups in total. The van der Waals surface area contributed by atoms with Crippen molar-refractivity contribution in [3.05, 3.63) is 61.6 Å². The molecule has 0 radical (unpaired) electrons. The second kappa shape index (κ2) is 8.78. The van der Waals surface area contributed by atoms with E-state index in [2.05, 4.69) is 29.0 Å². The molecule has 0 unspecified atom stereocenters. The predicted molar refractivity (Wildman–Crippen MR) is 123 cm³/mol. The fourth-order valence-electron chi connectivity index (χ4n) is 3.66. The SMILES string of the molecule is COc1ccc(Cl)cc1NC(=O)c1c(NCc2cccs2)sc2c1CC[C@H](C)C2. The van der Waals surface area contributed by atoms with Gasteiger partial charge in [0, 0.05) is 14.8 Å². The number of rotatable bonds is 6. The summed E-state index contributed by atoms with van der Waals surface area (Å²) in [6.45, 7) is 2.99. The maximum Gasteiger partial charge on any atom is 0.259 e. The van der Waals surface area contributed by atoms with E-state index in [9.17, 15) is 4.79 Å². The normalized spacial score (nSPS) is 15.6. The van der Waals surface area contributed by atoms with Crippen LogP contribution in [-0.4, -0.2) is 13.0 Å². The third kappa shape index (κ3) is 4.44.